The van der Waals surface area contributed by atoms with Crippen molar-refractivity contribution in [2.24, 2.45) is 0 Å². The highest BCUT2D eigenvalue weighted by Crippen LogP contribution is 2.32. The fourth-order valence-electron chi connectivity index (χ4n) is 2.96. The van der Waals surface area contributed by atoms with Gasteiger partial charge in [0.1, 0.15) is 5.82 Å². The van der Waals surface area contributed by atoms with Crippen molar-refractivity contribution in [2.75, 3.05) is 27.7 Å². The first-order chi connectivity index (χ1) is 11.3. The highest BCUT2D eigenvalue weighted by Gasteiger charge is 2.22. The summed E-state index contributed by atoms with van der Waals surface area (Å²) in [5.41, 5.74) is 2.43. The average molecular weight is 336 g/mol. The number of ether oxygens (including phenoxy) is 1. The molecule has 0 saturated heterocycles. The van der Waals surface area contributed by atoms with Crippen molar-refractivity contribution >= 4 is 16.9 Å². The summed E-state index contributed by atoms with van der Waals surface area (Å²) in [5, 5.41) is 10.2. The third-order valence-electron chi connectivity index (χ3n) is 4.35. The number of rotatable bonds is 6. The van der Waals surface area contributed by atoms with Crippen LogP contribution in [0.5, 0.6) is 0 Å². The molecule has 1 aromatic carbocycles. The van der Waals surface area contributed by atoms with Crippen molar-refractivity contribution in [2.45, 2.75) is 32.9 Å². The van der Waals surface area contributed by atoms with Crippen LogP contribution in [0.1, 0.15) is 29.8 Å². The summed E-state index contributed by atoms with van der Waals surface area (Å²) >= 11 is 0. The Balaban J connectivity index is 2.68. The summed E-state index contributed by atoms with van der Waals surface area (Å²) in [6, 6.07) is 3.42. The van der Waals surface area contributed by atoms with Gasteiger partial charge < -0.3 is 19.3 Å². The number of fused-ring (bicyclic) bond motifs is 1. The van der Waals surface area contributed by atoms with E-state index in [2.05, 4.69) is 0 Å². The zero-order chi connectivity index (χ0) is 18.0. The molecule has 0 bridgehead atoms. The number of carbonyl (C=O) groups is 1. The first kappa shape index (κ1) is 18.4. The molecule has 1 unspecified atom stereocenters. The number of hydrogen-bond donors (Lipinski definition) is 1. The molecule has 1 atom stereocenters. The number of benzene rings is 1. The number of methoxy groups -OCH3 is 1. The molecule has 0 amide bonds. The van der Waals surface area contributed by atoms with Crippen LogP contribution in [0.15, 0.2) is 12.1 Å². The van der Waals surface area contributed by atoms with E-state index in [1.807, 2.05) is 36.6 Å². The van der Waals surface area contributed by atoms with E-state index >= 15 is 0 Å². The summed E-state index contributed by atoms with van der Waals surface area (Å²) in [4.78, 5) is 13.8. The van der Waals surface area contributed by atoms with Crippen LogP contribution in [0.25, 0.3) is 10.9 Å². The molecule has 132 valence electrons. The van der Waals surface area contributed by atoms with Gasteiger partial charge in [0.25, 0.3) is 0 Å². The Hall–Kier alpha value is -1.92. The monoisotopic (exact) mass is 336 g/mol. The van der Waals surface area contributed by atoms with Gasteiger partial charge in [-0.15, -0.1) is 0 Å². The molecule has 1 heterocycles. The molecule has 0 aliphatic rings. The van der Waals surface area contributed by atoms with Gasteiger partial charge >= 0.3 is 5.97 Å². The van der Waals surface area contributed by atoms with Crippen LogP contribution in [0, 0.1) is 12.7 Å². The first-order valence-corrected chi connectivity index (χ1v) is 7.97. The molecule has 6 heteroatoms. The molecule has 2 rings (SSSR count). The second kappa shape index (κ2) is 7.32. The van der Waals surface area contributed by atoms with Crippen LogP contribution in [-0.4, -0.2) is 48.3 Å². The van der Waals surface area contributed by atoms with E-state index in [0.717, 1.165) is 17.8 Å². The average Bonchev–Trinajstić information content (AvgIpc) is 2.78. The van der Waals surface area contributed by atoms with Crippen LogP contribution >= 0.6 is 0 Å². The lowest BCUT2D eigenvalue weighted by Crippen LogP contribution is -2.19. The molecule has 0 aliphatic carbocycles. The standard InChI is InChI=1S/C18H25FN2O3/c1-11-14(10-16(23)24-5)17-15(21(11)9-8-20(3)4)7-6-13(12(2)22)18(17)19/h6-7,12,22H,8-10H2,1-5H3. The predicted octanol–water partition coefficient (Wildman–Crippen LogP) is 2.42. The minimum absolute atomic E-state index is 0.00792. The van der Waals surface area contributed by atoms with Crippen LogP contribution in [0.4, 0.5) is 4.39 Å². The summed E-state index contributed by atoms with van der Waals surface area (Å²) in [6.45, 7) is 4.89. The maximum absolute atomic E-state index is 15.0. The van der Waals surface area contributed by atoms with Crippen LogP contribution in [0.2, 0.25) is 0 Å². The van der Waals surface area contributed by atoms with Crippen molar-refractivity contribution in [3.05, 3.63) is 34.8 Å². The van der Waals surface area contributed by atoms with Gasteiger partial charge in [-0.2, -0.15) is 0 Å². The number of likely N-dealkylation sites (N-methyl/N-ethyl adjacent to an activating group) is 1. The molecule has 0 spiro atoms. The lowest BCUT2D eigenvalue weighted by atomic mass is 10.0. The first-order valence-electron chi connectivity index (χ1n) is 7.97. The number of esters is 1. The number of aliphatic hydroxyl groups is 1. The Morgan fingerprint density at radius 3 is 2.62 bits per heavy atom. The van der Waals surface area contributed by atoms with E-state index in [0.29, 0.717) is 17.5 Å². The Morgan fingerprint density at radius 2 is 2.08 bits per heavy atom. The van der Waals surface area contributed by atoms with Crippen molar-refractivity contribution in [3.63, 3.8) is 0 Å². The minimum atomic E-state index is -0.911. The Morgan fingerprint density at radius 1 is 1.42 bits per heavy atom. The molecule has 0 saturated carbocycles. The molecular formula is C18H25FN2O3. The second-order valence-corrected chi connectivity index (χ2v) is 6.31. The zero-order valence-electron chi connectivity index (χ0n) is 14.9. The minimum Gasteiger partial charge on any atom is -0.469 e. The van der Waals surface area contributed by atoms with Gasteiger partial charge in [0.2, 0.25) is 0 Å². The number of nitrogens with zero attached hydrogens (tertiary/aromatic N) is 2. The van der Waals surface area contributed by atoms with Crippen molar-refractivity contribution in [1.29, 1.82) is 0 Å². The number of carbonyl (C=O) groups excluding carboxylic acids is 1. The molecule has 24 heavy (non-hydrogen) atoms. The van der Waals surface area contributed by atoms with Gasteiger partial charge in [0, 0.05) is 29.7 Å². The Bertz CT molecular complexity index is 751. The van der Waals surface area contributed by atoms with Crippen LogP contribution in [0.3, 0.4) is 0 Å². The maximum atomic E-state index is 15.0. The predicted molar refractivity (Wildman–Crippen MR) is 91.5 cm³/mol. The van der Waals surface area contributed by atoms with Gasteiger partial charge in [-0.1, -0.05) is 6.07 Å². The van der Waals surface area contributed by atoms with E-state index in [-0.39, 0.29) is 12.0 Å². The lowest BCUT2D eigenvalue weighted by Gasteiger charge is -2.13. The van der Waals surface area contributed by atoms with E-state index in [9.17, 15) is 14.3 Å². The third-order valence-corrected chi connectivity index (χ3v) is 4.35. The number of hydrogen-bond acceptors (Lipinski definition) is 4. The summed E-state index contributed by atoms with van der Waals surface area (Å²) in [7, 11) is 5.27. The molecule has 0 radical (unpaired) electrons. The molecule has 1 N–H and O–H groups in total. The molecule has 0 fully saturated rings. The van der Waals surface area contributed by atoms with Gasteiger partial charge in [0.15, 0.2) is 0 Å². The number of aromatic nitrogens is 1. The third kappa shape index (κ3) is 3.44. The zero-order valence-corrected chi connectivity index (χ0v) is 14.9. The SMILES string of the molecule is COC(=O)Cc1c(C)n(CCN(C)C)c2ccc(C(C)O)c(F)c12. The second-order valence-electron chi connectivity index (χ2n) is 6.31. The number of halogens is 1. The van der Waals surface area contributed by atoms with E-state index in [1.165, 1.54) is 14.0 Å². The molecule has 5 nitrogen and oxygen atoms in total. The fourth-order valence-corrected chi connectivity index (χ4v) is 2.96. The van der Waals surface area contributed by atoms with Gasteiger partial charge in [-0.3, -0.25) is 4.79 Å². The van der Waals surface area contributed by atoms with E-state index in [1.54, 1.807) is 6.07 Å². The van der Waals surface area contributed by atoms with E-state index < -0.39 is 17.9 Å². The van der Waals surface area contributed by atoms with Crippen molar-refractivity contribution < 1.29 is 19.0 Å². The summed E-state index contributed by atoms with van der Waals surface area (Å²) in [6.07, 6.45) is -0.903. The Kier molecular flexibility index (Phi) is 5.62. The highest BCUT2D eigenvalue weighted by molar-refractivity contribution is 5.90. The molecule has 2 aromatic rings. The maximum Gasteiger partial charge on any atom is 0.310 e. The number of aliphatic hydroxyl groups excluding tert-OH is 1. The van der Waals surface area contributed by atoms with Crippen LogP contribution in [-0.2, 0) is 22.5 Å². The van der Waals surface area contributed by atoms with Gasteiger partial charge in [-0.25, -0.2) is 4.39 Å². The van der Waals surface area contributed by atoms with Crippen molar-refractivity contribution in [3.8, 4) is 0 Å². The van der Waals surface area contributed by atoms with Gasteiger partial charge in [0.05, 0.1) is 25.2 Å². The normalized spacial score (nSPS) is 12.8. The largest absolute Gasteiger partial charge is 0.469 e. The van der Waals surface area contributed by atoms with Gasteiger partial charge in [-0.05, 0) is 39.6 Å². The fraction of sp³-hybridized carbons (Fsp3) is 0.500. The Labute approximate surface area is 141 Å². The topological polar surface area (TPSA) is 54.7 Å². The smallest absolute Gasteiger partial charge is 0.310 e. The quantitative estimate of drug-likeness (QED) is 0.823. The molecule has 0 aliphatic heterocycles. The lowest BCUT2D eigenvalue weighted by molar-refractivity contribution is -0.139. The molecule has 1 aromatic heterocycles. The summed E-state index contributed by atoms with van der Waals surface area (Å²) in [5.74, 6) is -0.875. The van der Waals surface area contributed by atoms with Crippen molar-refractivity contribution in [1.82, 2.24) is 9.47 Å². The van der Waals surface area contributed by atoms with E-state index in [4.69, 9.17) is 4.74 Å². The summed E-state index contributed by atoms with van der Waals surface area (Å²) < 4.78 is 21.8. The molecular weight excluding hydrogens is 311 g/mol. The van der Waals surface area contributed by atoms with Crippen LogP contribution < -0.4 is 0 Å². The highest BCUT2D eigenvalue weighted by atomic mass is 19.1.